The fraction of sp³-hybridized carbons (Fsp3) is 0.500. The number of amides is 1. The maximum atomic E-state index is 12.1. The van der Waals surface area contributed by atoms with E-state index in [-0.39, 0.29) is 17.3 Å². The minimum Gasteiger partial charge on any atom is -0.396 e. The predicted octanol–water partition coefficient (Wildman–Crippen LogP) is 2.50. The van der Waals surface area contributed by atoms with Crippen LogP contribution in [0.1, 0.15) is 24.8 Å². The maximum absolute atomic E-state index is 12.1. The van der Waals surface area contributed by atoms with Crippen LogP contribution in [0.25, 0.3) is 0 Å². The first kappa shape index (κ1) is 13.6. The number of halogens is 1. The van der Waals surface area contributed by atoms with Gasteiger partial charge in [-0.25, -0.2) is 0 Å². The van der Waals surface area contributed by atoms with Crippen molar-refractivity contribution in [1.82, 2.24) is 0 Å². The monoisotopic (exact) mass is 311 g/mol. The van der Waals surface area contributed by atoms with Gasteiger partial charge in [0.1, 0.15) is 0 Å². The third-order valence-corrected chi connectivity index (χ3v) is 4.07. The Kier molecular flexibility index (Phi) is 4.78. The molecule has 1 aromatic carbocycles. The molecular weight excluding hydrogens is 294 g/mol. The average molecular weight is 312 g/mol. The van der Waals surface area contributed by atoms with Crippen LogP contribution in [0.4, 0.5) is 5.69 Å². The number of aliphatic hydroxyl groups is 1. The Balaban J connectivity index is 2.14. The molecule has 1 N–H and O–H groups in total. The summed E-state index contributed by atoms with van der Waals surface area (Å²) in [5, 5.41) is 8.85. The van der Waals surface area contributed by atoms with Crippen molar-refractivity contribution < 1.29 is 9.90 Å². The third-order valence-electron chi connectivity index (χ3n) is 3.22. The highest BCUT2D eigenvalue weighted by Crippen LogP contribution is 2.25. The van der Waals surface area contributed by atoms with E-state index in [9.17, 15) is 4.79 Å². The summed E-state index contributed by atoms with van der Waals surface area (Å²) < 4.78 is 0. The topological polar surface area (TPSA) is 40.5 Å². The van der Waals surface area contributed by atoms with Crippen molar-refractivity contribution in [2.75, 3.05) is 18.1 Å². The van der Waals surface area contributed by atoms with Crippen LogP contribution < -0.4 is 4.90 Å². The van der Waals surface area contributed by atoms with E-state index < -0.39 is 0 Å². The first-order chi connectivity index (χ1) is 8.72. The number of rotatable bonds is 4. The van der Waals surface area contributed by atoms with Gasteiger partial charge in [0.15, 0.2) is 0 Å². The summed E-state index contributed by atoms with van der Waals surface area (Å²) in [6, 6.07) is 8.05. The largest absolute Gasteiger partial charge is 0.396 e. The highest BCUT2D eigenvalue weighted by atomic mass is 79.9. The SMILES string of the molecule is O=C1C(Br)CCCN1c1cccc(CCCO)c1. The van der Waals surface area contributed by atoms with Crippen LogP contribution in [-0.2, 0) is 11.2 Å². The molecule has 0 saturated carbocycles. The number of hydrogen-bond donors (Lipinski definition) is 1. The Morgan fingerprint density at radius 3 is 3.06 bits per heavy atom. The molecule has 1 aliphatic rings. The van der Waals surface area contributed by atoms with E-state index in [0.29, 0.717) is 0 Å². The van der Waals surface area contributed by atoms with Crippen molar-refractivity contribution in [3.05, 3.63) is 29.8 Å². The second-order valence-electron chi connectivity index (χ2n) is 4.60. The van der Waals surface area contributed by atoms with Crippen LogP contribution in [-0.4, -0.2) is 29.0 Å². The normalized spacial score (nSPS) is 20.2. The van der Waals surface area contributed by atoms with Gasteiger partial charge >= 0.3 is 0 Å². The zero-order valence-corrected chi connectivity index (χ0v) is 11.9. The summed E-state index contributed by atoms with van der Waals surface area (Å²) in [5.41, 5.74) is 2.14. The van der Waals surface area contributed by atoms with Gasteiger partial charge in [0.2, 0.25) is 5.91 Å². The van der Waals surface area contributed by atoms with Gasteiger partial charge in [-0.3, -0.25) is 4.79 Å². The van der Waals surface area contributed by atoms with Gasteiger partial charge in [-0.1, -0.05) is 28.1 Å². The van der Waals surface area contributed by atoms with Gasteiger partial charge in [0, 0.05) is 18.8 Å². The highest BCUT2D eigenvalue weighted by molar-refractivity contribution is 9.10. The first-order valence-corrected chi connectivity index (χ1v) is 7.29. The van der Waals surface area contributed by atoms with Gasteiger partial charge in [-0.2, -0.15) is 0 Å². The van der Waals surface area contributed by atoms with E-state index in [2.05, 4.69) is 22.0 Å². The minimum atomic E-state index is -0.0488. The number of hydrogen-bond acceptors (Lipinski definition) is 2. The number of nitrogens with zero attached hydrogens (tertiary/aromatic N) is 1. The second kappa shape index (κ2) is 6.34. The Bertz CT molecular complexity index is 422. The molecule has 1 atom stereocenters. The van der Waals surface area contributed by atoms with Crippen LogP contribution >= 0.6 is 15.9 Å². The molecule has 3 nitrogen and oxygen atoms in total. The van der Waals surface area contributed by atoms with Crippen molar-refractivity contribution in [2.45, 2.75) is 30.5 Å². The van der Waals surface area contributed by atoms with Crippen LogP contribution in [0.3, 0.4) is 0 Å². The molecule has 1 saturated heterocycles. The van der Waals surface area contributed by atoms with Gasteiger partial charge in [0.05, 0.1) is 4.83 Å². The Labute approximate surface area is 116 Å². The standard InChI is InChI=1S/C14H18BrNO2/c15-13-7-2-8-16(14(13)18)12-6-1-4-11(10-12)5-3-9-17/h1,4,6,10,13,17H,2-3,5,7-9H2. The summed E-state index contributed by atoms with van der Waals surface area (Å²) in [6.07, 6.45) is 3.56. The number of alkyl halides is 1. The fourth-order valence-corrected chi connectivity index (χ4v) is 2.82. The average Bonchev–Trinajstić information content (AvgIpc) is 2.40. The zero-order valence-electron chi connectivity index (χ0n) is 10.3. The van der Waals surface area contributed by atoms with Crippen LogP contribution in [0.2, 0.25) is 0 Å². The summed E-state index contributed by atoms with van der Waals surface area (Å²) in [6.45, 7) is 1.00. The molecule has 18 heavy (non-hydrogen) atoms. The van der Waals surface area contributed by atoms with E-state index in [4.69, 9.17) is 5.11 Å². The van der Waals surface area contributed by atoms with E-state index in [0.717, 1.165) is 37.9 Å². The van der Waals surface area contributed by atoms with E-state index in [1.165, 1.54) is 5.56 Å². The molecule has 0 bridgehead atoms. The van der Waals surface area contributed by atoms with Gasteiger partial charge in [0.25, 0.3) is 0 Å². The molecule has 1 aliphatic heterocycles. The molecule has 0 radical (unpaired) electrons. The van der Waals surface area contributed by atoms with Crippen molar-refractivity contribution in [3.63, 3.8) is 0 Å². The maximum Gasteiger partial charge on any atom is 0.240 e. The lowest BCUT2D eigenvalue weighted by Crippen LogP contribution is -2.41. The Morgan fingerprint density at radius 1 is 1.44 bits per heavy atom. The molecule has 98 valence electrons. The fourth-order valence-electron chi connectivity index (χ4n) is 2.25. The van der Waals surface area contributed by atoms with Crippen molar-refractivity contribution in [2.24, 2.45) is 0 Å². The lowest BCUT2D eigenvalue weighted by Gasteiger charge is -2.30. The summed E-state index contributed by atoms with van der Waals surface area (Å²) >= 11 is 3.43. The quantitative estimate of drug-likeness (QED) is 0.868. The highest BCUT2D eigenvalue weighted by Gasteiger charge is 2.27. The smallest absolute Gasteiger partial charge is 0.240 e. The van der Waals surface area contributed by atoms with Crippen LogP contribution in [0.15, 0.2) is 24.3 Å². The molecule has 1 amide bonds. The number of aryl methyl sites for hydroxylation is 1. The zero-order chi connectivity index (χ0) is 13.0. The number of carbonyl (C=O) groups excluding carboxylic acids is 1. The molecule has 0 spiro atoms. The summed E-state index contributed by atoms with van der Waals surface area (Å²) in [4.78, 5) is 13.9. The Morgan fingerprint density at radius 2 is 2.28 bits per heavy atom. The number of benzene rings is 1. The molecule has 4 heteroatoms. The van der Waals surface area contributed by atoms with Gasteiger partial charge in [-0.15, -0.1) is 0 Å². The van der Waals surface area contributed by atoms with Crippen LogP contribution in [0, 0.1) is 0 Å². The first-order valence-electron chi connectivity index (χ1n) is 6.37. The number of anilines is 1. The number of piperidine rings is 1. The molecule has 1 fully saturated rings. The van der Waals surface area contributed by atoms with Crippen LogP contribution in [0.5, 0.6) is 0 Å². The van der Waals surface area contributed by atoms with E-state index in [1.807, 2.05) is 23.1 Å². The van der Waals surface area contributed by atoms with Crippen molar-refractivity contribution in [1.29, 1.82) is 0 Å². The third kappa shape index (κ3) is 3.12. The number of carbonyl (C=O) groups is 1. The predicted molar refractivity (Wildman–Crippen MR) is 76.2 cm³/mol. The number of aliphatic hydroxyl groups excluding tert-OH is 1. The van der Waals surface area contributed by atoms with E-state index in [1.54, 1.807) is 0 Å². The molecule has 0 aliphatic carbocycles. The molecular formula is C14H18BrNO2. The molecule has 1 heterocycles. The van der Waals surface area contributed by atoms with Crippen molar-refractivity contribution in [3.8, 4) is 0 Å². The minimum absolute atomic E-state index is 0.0488. The molecule has 2 rings (SSSR count). The molecule has 0 aromatic heterocycles. The lowest BCUT2D eigenvalue weighted by atomic mass is 10.1. The second-order valence-corrected chi connectivity index (χ2v) is 5.70. The van der Waals surface area contributed by atoms with Crippen molar-refractivity contribution >= 4 is 27.5 Å². The summed E-state index contributed by atoms with van der Waals surface area (Å²) in [7, 11) is 0. The molecule has 1 unspecified atom stereocenters. The lowest BCUT2D eigenvalue weighted by molar-refractivity contribution is -0.118. The summed E-state index contributed by atoms with van der Waals surface area (Å²) in [5.74, 6) is 0.153. The van der Waals surface area contributed by atoms with Gasteiger partial charge < -0.3 is 10.0 Å². The van der Waals surface area contributed by atoms with E-state index >= 15 is 0 Å². The van der Waals surface area contributed by atoms with Gasteiger partial charge in [-0.05, 0) is 43.4 Å². The molecule has 1 aromatic rings. The Hall–Kier alpha value is -0.870.